The lowest BCUT2D eigenvalue weighted by Crippen LogP contribution is -2.56. The maximum atomic E-state index is 11.9. The number of nitrogens with one attached hydrogen (secondary N) is 1. The number of thiazole rings is 1. The zero-order valence-corrected chi connectivity index (χ0v) is 22.5. The van der Waals surface area contributed by atoms with E-state index < -0.39 is 0 Å². The maximum Gasteiger partial charge on any atom is 0.184 e. The fraction of sp³-hybridized carbons (Fsp3) is 0.750. The summed E-state index contributed by atoms with van der Waals surface area (Å²) in [6.45, 7) is 9.34. The quantitative estimate of drug-likeness (QED) is 0.495. The number of hydrogen-bond acceptors (Lipinski definition) is 6. The second kappa shape index (κ2) is 10.2. The van der Waals surface area contributed by atoms with E-state index in [2.05, 4.69) is 43.0 Å². The van der Waals surface area contributed by atoms with Gasteiger partial charge in [-0.15, -0.1) is 0 Å². The van der Waals surface area contributed by atoms with E-state index in [1.54, 1.807) is 11.3 Å². The van der Waals surface area contributed by atoms with Crippen molar-refractivity contribution in [2.24, 2.45) is 33.6 Å². The summed E-state index contributed by atoms with van der Waals surface area (Å²) < 4.78 is 0. The first kappa shape index (κ1) is 25.6. The predicted molar refractivity (Wildman–Crippen MR) is 142 cm³/mol. The lowest BCUT2D eigenvalue weighted by atomic mass is 9.45. The van der Waals surface area contributed by atoms with Crippen LogP contribution in [0.1, 0.15) is 91.2 Å². The van der Waals surface area contributed by atoms with Crippen LogP contribution in [0.25, 0.3) is 0 Å². The number of ketones is 1. The van der Waals surface area contributed by atoms with Crippen molar-refractivity contribution in [2.45, 2.75) is 98.0 Å². The van der Waals surface area contributed by atoms with Crippen molar-refractivity contribution in [3.8, 4) is 0 Å². The number of aryl methyl sites for hydroxylation is 1. The topological polar surface area (TPSA) is 74.6 Å². The van der Waals surface area contributed by atoms with Crippen molar-refractivity contribution in [3.05, 3.63) is 17.3 Å². The van der Waals surface area contributed by atoms with Crippen LogP contribution in [0.3, 0.4) is 0 Å². The molecule has 34 heavy (non-hydrogen) atoms. The molecule has 1 aromatic heterocycles. The van der Waals surface area contributed by atoms with Crippen molar-refractivity contribution in [3.63, 3.8) is 0 Å². The Labute approximate surface area is 209 Å². The second-order valence-corrected chi connectivity index (χ2v) is 12.3. The monoisotopic (exact) mass is 485 g/mol. The third-order valence-corrected chi connectivity index (χ3v) is 10.4. The van der Waals surface area contributed by atoms with Gasteiger partial charge in [-0.2, -0.15) is 0 Å². The maximum absolute atomic E-state index is 11.9. The number of hydrogen-bond donors (Lipinski definition) is 2. The lowest BCUT2D eigenvalue weighted by molar-refractivity contribution is -0.136. The summed E-state index contributed by atoms with van der Waals surface area (Å²) in [5.41, 5.74) is 2.81. The van der Waals surface area contributed by atoms with E-state index in [4.69, 9.17) is 0 Å². The van der Waals surface area contributed by atoms with Crippen LogP contribution in [0.5, 0.6) is 0 Å². The molecular weight excluding hydrogens is 442 g/mol. The van der Waals surface area contributed by atoms with E-state index >= 15 is 0 Å². The van der Waals surface area contributed by atoms with Gasteiger partial charge in [0, 0.05) is 19.7 Å². The minimum Gasteiger partial charge on any atom is -0.393 e. The highest BCUT2D eigenvalue weighted by Crippen LogP contribution is 2.62. The van der Waals surface area contributed by atoms with Crippen LogP contribution in [-0.2, 0) is 11.2 Å². The first-order valence-electron chi connectivity index (χ1n) is 13.4. The molecule has 3 aliphatic carbocycles. The van der Waals surface area contributed by atoms with Gasteiger partial charge in [0.05, 0.1) is 11.8 Å². The molecule has 5 nitrogen and oxygen atoms in total. The SMILES string of the molecule is CCCC1C2CCC3=CC(=O)CCC3(C)C2C(O)CC1(C)CC.CNc1nc2c(s1)N=CCC2. The Morgan fingerprint density at radius 3 is 2.71 bits per heavy atom. The molecule has 0 aromatic carbocycles. The molecule has 6 heteroatoms. The first-order valence-corrected chi connectivity index (χ1v) is 14.2. The number of carbonyl (C=O) groups excluding carboxylic acids is 1. The number of aromatic nitrogens is 1. The Balaban J connectivity index is 0.000000207. The van der Waals surface area contributed by atoms with Gasteiger partial charge in [0.1, 0.15) is 5.00 Å². The third kappa shape index (κ3) is 4.65. The summed E-state index contributed by atoms with van der Waals surface area (Å²) >= 11 is 1.62. The minimum absolute atomic E-state index is 0.0529. The number of allylic oxidation sites excluding steroid dienone is 2. The lowest BCUT2D eigenvalue weighted by Gasteiger charge is -2.60. The molecule has 188 valence electrons. The standard InChI is InChI=1S/C21H34O2.C7H9N3S/c1-5-7-17-16-9-8-14-12-15(22)10-11-21(14,4)19(16)18(23)13-20(17,3)6-2;1-8-7-10-5-3-2-4-9-6(5)11-7/h12,16-19,23H,5-11,13H2,1-4H3;4H,2-3H2,1H3,(H,8,10). The minimum atomic E-state index is -0.208. The summed E-state index contributed by atoms with van der Waals surface area (Å²) in [7, 11) is 1.88. The van der Waals surface area contributed by atoms with Gasteiger partial charge in [-0.05, 0) is 79.6 Å². The highest BCUT2D eigenvalue weighted by atomic mass is 32.1. The number of rotatable bonds is 4. The molecule has 0 amide bonds. The highest BCUT2D eigenvalue weighted by Gasteiger charge is 2.57. The fourth-order valence-corrected chi connectivity index (χ4v) is 8.30. The molecule has 2 heterocycles. The van der Waals surface area contributed by atoms with Gasteiger partial charge < -0.3 is 10.4 Å². The molecule has 0 radical (unpaired) electrons. The number of aliphatic hydroxyl groups excluding tert-OH is 1. The number of carbonyl (C=O) groups is 1. The average molecular weight is 486 g/mol. The van der Waals surface area contributed by atoms with Crippen LogP contribution in [-0.4, -0.2) is 35.2 Å². The molecule has 6 unspecified atom stereocenters. The first-order chi connectivity index (χ1) is 16.3. The average Bonchev–Trinajstić information content (AvgIpc) is 3.25. The van der Waals surface area contributed by atoms with Crippen LogP contribution in [0.15, 0.2) is 16.6 Å². The van der Waals surface area contributed by atoms with Crippen LogP contribution < -0.4 is 5.32 Å². The molecule has 0 bridgehead atoms. The Morgan fingerprint density at radius 2 is 2.03 bits per heavy atom. The molecule has 5 rings (SSSR count). The summed E-state index contributed by atoms with van der Waals surface area (Å²) in [6.07, 6.45) is 14.2. The largest absolute Gasteiger partial charge is 0.393 e. The molecule has 0 saturated heterocycles. The van der Waals surface area contributed by atoms with Crippen LogP contribution in [0, 0.1) is 28.6 Å². The van der Waals surface area contributed by atoms with Crippen LogP contribution >= 0.6 is 11.3 Å². The molecule has 1 aromatic rings. The Kier molecular flexibility index (Phi) is 7.68. The van der Waals surface area contributed by atoms with Crippen molar-refractivity contribution in [1.82, 2.24) is 4.98 Å². The van der Waals surface area contributed by atoms with E-state index in [1.807, 2.05) is 19.3 Å². The molecule has 2 N–H and O–H groups in total. The molecule has 1 aliphatic heterocycles. The predicted octanol–water partition coefficient (Wildman–Crippen LogP) is 6.74. The summed E-state index contributed by atoms with van der Waals surface area (Å²) in [6, 6.07) is 0. The van der Waals surface area contributed by atoms with Gasteiger partial charge >= 0.3 is 0 Å². The number of nitrogens with zero attached hydrogens (tertiary/aromatic N) is 2. The molecule has 0 spiro atoms. The summed E-state index contributed by atoms with van der Waals surface area (Å²) in [5.74, 6) is 2.00. The Morgan fingerprint density at radius 1 is 1.24 bits per heavy atom. The van der Waals surface area contributed by atoms with Gasteiger partial charge in [0.15, 0.2) is 10.9 Å². The van der Waals surface area contributed by atoms with E-state index in [0.717, 1.165) is 66.7 Å². The molecular formula is C28H43N3O2S. The van der Waals surface area contributed by atoms with Gasteiger partial charge in [-0.3, -0.25) is 4.79 Å². The molecule has 4 aliphatic rings. The van der Waals surface area contributed by atoms with E-state index in [9.17, 15) is 9.90 Å². The van der Waals surface area contributed by atoms with Crippen LogP contribution in [0.2, 0.25) is 0 Å². The van der Waals surface area contributed by atoms with Gasteiger partial charge in [-0.25, -0.2) is 9.98 Å². The number of aliphatic hydroxyl groups is 1. The molecule has 2 fully saturated rings. The molecule has 6 atom stereocenters. The van der Waals surface area contributed by atoms with E-state index in [-0.39, 0.29) is 16.9 Å². The Hall–Kier alpha value is -1.53. The van der Waals surface area contributed by atoms with Gasteiger partial charge in [0.2, 0.25) is 0 Å². The third-order valence-electron chi connectivity index (χ3n) is 9.42. The number of fused-ring (bicyclic) bond motifs is 4. The zero-order chi connectivity index (χ0) is 24.5. The van der Waals surface area contributed by atoms with E-state index in [0.29, 0.717) is 24.0 Å². The second-order valence-electron chi connectivity index (χ2n) is 11.3. The van der Waals surface area contributed by atoms with E-state index in [1.165, 1.54) is 18.4 Å². The zero-order valence-electron chi connectivity index (χ0n) is 21.7. The van der Waals surface area contributed by atoms with Crippen molar-refractivity contribution in [1.29, 1.82) is 0 Å². The number of aliphatic imine (C=N–C) groups is 1. The number of anilines is 1. The van der Waals surface area contributed by atoms with Crippen LogP contribution in [0.4, 0.5) is 10.1 Å². The van der Waals surface area contributed by atoms with Gasteiger partial charge in [-0.1, -0.05) is 57.4 Å². The smallest absolute Gasteiger partial charge is 0.184 e. The Bertz CT molecular complexity index is 953. The molecule has 2 saturated carbocycles. The van der Waals surface area contributed by atoms with Gasteiger partial charge in [0.25, 0.3) is 0 Å². The van der Waals surface area contributed by atoms with Crippen molar-refractivity contribution in [2.75, 3.05) is 12.4 Å². The highest BCUT2D eigenvalue weighted by molar-refractivity contribution is 7.19. The van der Waals surface area contributed by atoms with Crippen molar-refractivity contribution >= 4 is 33.5 Å². The summed E-state index contributed by atoms with van der Waals surface area (Å²) in [5, 5.41) is 16.2. The normalized spacial score (nSPS) is 36.4. The van der Waals surface area contributed by atoms with Crippen molar-refractivity contribution < 1.29 is 9.90 Å². The fourth-order valence-electron chi connectivity index (χ4n) is 7.46. The summed E-state index contributed by atoms with van der Waals surface area (Å²) in [4.78, 5) is 20.5.